The van der Waals surface area contributed by atoms with Gasteiger partial charge in [-0.25, -0.2) is 0 Å². The van der Waals surface area contributed by atoms with Crippen molar-refractivity contribution in [3.8, 4) is 0 Å². The molecule has 2 N–H and O–H groups in total. The number of ketones is 1. The second-order valence-electron chi connectivity index (χ2n) is 4.11. The predicted molar refractivity (Wildman–Crippen MR) is 78.5 cm³/mol. The maximum Gasteiger partial charge on any atom is 0.270 e. The molecule has 0 saturated heterocycles. The number of aromatic nitrogens is 3. The molecule has 0 atom stereocenters. The topological polar surface area (TPSA) is 105 Å². The zero-order valence-corrected chi connectivity index (χ0v) is 11.9. The first-order valence-electron chi connectivity index (χ1n) is 6.00. The van der Waals surface area contributed by atoms with Gasteiger partial charge in [-0.15, -0.1) is 5.10 Å². The number of benzene rings is 1. The molecule has 0 aliphatic carbocycles. The molecule has 0 fully saturated rings. The van der Waals surface area contributed by atoms with Gasteiger partial charge in [0.2, 0.25) is 5.91 Å². The molecule has 1 heterocycles. The van der Waals surface area contributed by atoms with E-state index in [0.29, 0.717) is 11.3 Å². The molecule has 0 saturated carbocycles. The molecule has 1 amide bonds. The van der Waals surface area contributed by atoms with Crippen molar-refractivity contribution in [1.82, 2.24) is 15.2 Å². The fraction of sp³-hybridized carbons (Fsp3) is 0.154. The van der Waals surface area contributed by atoms with Crippen molar-refractivity contribution in [2.45, 2.75) is 12.1 Å². The summed E-state index contributed by atoms with van der Waals surface area (Å²) >= 11 is 1.06. The molecule has 1 aromatic carbocycles. The number of amides is 1. The zero-order valence-electron chi connectivity index (χ0n) is 11.1. The average Bonchev–Trinajstić information content (AvgIpc) is 2.45. The van der Waals surface area contributed by atoms with Crippen molar-refractivity contribution >= 4 is 29.1 Å². The SMILES string of the molecule is CC(=O)c1cccc(NC(=O)CSc2nncc(=O)[nH]2)c1. The van der Waals surface area contributed by atoms with Crippen molar-refractivity contribution < 1.29 is 9.59 Å². The van der Waals surface area contributed by atoms with E-state index < -0.39 is 0 Å². The largest absolute Gasteiger partial charge is 0.325 e. The number of carbonyl (C=O) groups is 2. The van der Waals surface area contributed by atoms with Gasteiger partial charge in [-0.05, 0) is 19.1 Å². The first-order chi connectivity index (χ1) is 10.0. The van der Waals surface area contributed by atoms with Crippen LogP contribution in [0.4, 0.5) is 5.69 Å². The molecule has 21 heavy (non-hydrogen) atoms. The van der Waals surface area contributed by atoms with Crippen molar-refractivity contribution in [1.29, 1.82) is 0 Å². The third kappa shape index (κ3) is 4.53. The molecule has 1 aromatic heterocycles. The monoisotopic (exact) mass is 304 g/mol. The summed E-state index contributed by atoms with van der Waals surface area (Å²) in [6, 6.07) is 6.67. The quantitative estimate of drug-likeness (QED) is 0.633. The molecule has 0 spiro atoms. The molecule has 0 bridgehead atoms. The van der Waals surface area contributed by atoms with Gasteiger partial charge in [0.1, 0.15) is 6.20 Å². The molecule has 2 aromatic rings. The third-order valence-corrected chi connectivity index (χ3v) is 3.31. The van der Waals surface area contributed by atoms with Crippen LogP contribution in [0.25, 0.3) is 0 Å². The molecular weight excluding hydrogens is 292 g/mol. The fourth-order valence-corrected chi connectivity index (χ4v) is 2.13. The minimum atomic E-state index is -0.373. The highest BCUT2D eigenvalue weighted by molar-refractivity contribution is 7.99. The molecule has 0 unspecified atom stereocenters. The Balaban J connectivity index is 1.94. The number of Topliss-reactive ketones (excluding diaryl/α,β-unsaturated/α-hetero) is 1. The van der Waals surface area contributed by atoms with Crippen LogP contribution in [-0.4, -0.2) is 32.6 Å². The predicted octanol–water partition coefficient (Wildman–Crippen LogP) is 1.10. The molecule has 8 heteroatoms. The third-order valence-electron chi connectivity index (χ3n) is 2.45. The second-order valence-corrected chi connectivity index (χ2v) is 5.08. The van der Waals surface area contributed by atoms with E-state index in [9.17, 15) is 14.4 Å². The number of hydrogen-bond donors (Lipinski definition) is 2. The smallest absolute Gasteiger partial charge is 0.270 e. The Kier molecular flexibility index (Phi) is 4.83. The first-order valence-corrected chi connectivity index (χ1v) is 6.99. The van der Waals surface area contributed by atoms with Crippen LogP contribution in [0.2, 0.25) is 0 Å². The number of aromatic amines is 1. The van der Waals surface area contributed by atoms with Crippen molar-refractivity contribution in [2.24, 2.45) is 0 Å². The fourth-order valence-electron chi connectivity index (χ4n) is 1.51. The molecule has 0 aliphatic heterocycles. The van der Waals surface area contributed by atoms with Crippen LogP contribution in [0.5, 0.6) is 0 Å². The van der Waals surface area contributed by atoms with Crippen LogP contribution < -0.4 is 10.9 Å². The van der Waals surface area contributed by atoms with Crippen molar-refractivity contribution in [2.75, 3.05) is 11.1 Å². The Bertz CT molecular complexity index is 729. The van der Waals surface area contributed by atoms with E-state index in [-0.39, 0.29) is 28.2 Å². The summed E-state index contributed by atoms with van der Waals surface area (Å²) in [7, 11) is 0. The van der Waals surface area contributed by atoms with E-state index in [2.05, 4.69) is 20.5 Å². The molecule has 2 rings (SSSR count). The van der Waals surface area contributed by atoms with Crippen LogP contribution >= 0.6 is 11.8 Å². The molecule has 0 aliphatic rings. The highest BCUT2D eigenvalue weighted by atomic mass is 32.2. The van der Waals surface area contributed by atoms with Gasteiger partial charge in [0.05, 0.1) is 5.75 Å². The van der Waals surface area contributed by atoms with Gasteiger partial charge in [-0.1, -0.05) is 23.9 Å². The van der Waals surface area contributed by atoms with E-state index >= 15 is 0 Å². The standard InChI is InChI=1S/C13H12N4O3S/c1-8(18)9-3-2-4-10(5-9)15-12(20)7-21-13-16-11(19)6-14-17-13/h2-6H,7H2,1H3,(H,15,20)(H,16,17,19). The number of H-pyrrole nitrogens is 1. The summed E-state index contributed by atoms with van der Waals surface area (Å²) < 4.78 is 0. The summed E-state index contributed by atoms with van der Waals surface area (Å²) in [5.74, 6) is -0.274. The summed E-state index contributed by atoms with van der Waals surface area (Å²) in [5.41, 5.74) is 0.696. The maximum atomic E-state index is 11.8. The van der Waals surface area contributed by atoms with E-state index in [1.165, 1.54) is 6.92 Å². The van der Waals surface area contributed by atoms with Gasteiger partial charge < -0.3 is 5.32 Å². The number of hydrogen-bond acceptors (Lipinski definition) is 6. The summed E-state index contributed by atoms with van der Waals surface area (Å²) in [4.78, 5) is 36.5. The maximum absolute atomic E-state index is 11.8. The Hall–Kier alpha value is -2.48. The van der Waals surface area contributed by atoms with Crippen LogP contribution in [0.1, 0.15) is 17.3 Å². The number of thioether (sulfide) groups is 1. The molecule has 108 valence electrons. The highest BCUT2D eigenvalue weighted by Gasteiger charge is 2.07. The minimum absolute atomic E-state index is 0.0684. The van der Waals surface area contributed by atoms with E-state index in [4.69, 9.17) is 0 Å². The van der Waals surface area contributed by atoms with Gasteiger partial charge in [0.25, 0.3) is 5.56 Å². The lowest BCUT2D eigenvalue weighted by molar-refractivity contribution is -0.113. The Morgan fingerprint density at radius 2 is 2.19 bits per heavy atom. The van der Waals surface area contributed by atoms with Gasteiger partial charge >= 0.3 is 0 Å². The highest BCUT2D eigenvalue weighted by Crippen LogP contribution is 2.13. The second kappa shape index (κ2) is 6.80. The van der Waals surface area contributed by atoms with E-state index in [1.807, 2.05) is 0 Å². The van der Waals surface area contributed by atoms with Crippen LogP contribution in [0.3, 0.4) is 0 Å². The summed E-state index contributed by atoms with van der Waals surface area (Å²) in [5, 5.41) is 10.1. The lowest BCUT2D eigenvalue weighted by Crippen LogP contribution is -2.15. The van der Waals surface area contributed by atoms with E-state index in [1.54, 1.807) is 24.3 Å². The number of nitrogens with one attached hydrogen (secondary N) is 2. The zero-order chi connectivity index (χ0) is 15.2. The van der Waals surface area contributed by atoms with Crippen molar-refractivity contribution in [3.05, 3.63) is 46.4 Å². The Morgan fingerprint density at radius 3 is 2.90 bits per heavy atom. The minimum Gasteiger partial charge on any atom is -0.325 e. The van der Waals surface area contributed by atoms with Crippen LogP contribution in [0, 0.1) is 0 Å². The van der Waals surface area contributed by atoms with Gasteiger partial charge in [0, 0.05) is 11.3 Å². The normalized spacial score (nSPS) is 10.1. The lowest BCUT2D eigenvalue weighted by atomic mass is 10.1. The number of nitrogens with zero attached hydrogens (tertiary/aromatic N) is 2. The number of rotatable bonds is 5. The molecular formula is C13H12N4O3S. The van der Waals surface area contributed by atoms with Gasteiger partial charge in [-0.2, -0.15) is 5.10 Å². The lowest BCUT2D eigenvalue weighted by Gasteiger charge is -2.05. The summed E-state index contributed by atoms with van der Waals surface area (Å²) in [6.45, 7) is 1.46. The molecule has 7 nitrogen and oxygen atoms in total. The number of anilines is 1. The average molecular weight is 304 g/mol. The van der Waals surface area contributed by atoms with Crippen LogP contribution in [0.15, 0.2) is 40.4 Å². The Labute approximate surface area is 124 Å². The van der Waals surface area contributed by atoms with Crippen molar-refractivity contribution in [3.63, 3.8) is 0 Å². The van der Waals surface area contributed by atoms with E-state index in [0.717, 1.165) is 18.0 Å². The van der Waals surface area contributed by atoms with Gasteiger partial charge in [0.15, 0.2) is 10.9 Å². The summed E-state index contributed by atoms with van der Waals surface area (Å²) in [6.07, 6.45) is 1.05. The first kappa shape index (κ1) is 14.9. The Morgan fingerprint density at radius 1 is 1.38 bits per heavy atom. The molecule has 0 radical (unpaired) electrons. The number of carbonyl (C=O) groups excluding carboxylic acids is 2. The van der Waals surface area contributed by atoms with Crippen LogP contribution in [-0.2, 0) is 4.79 Å². The van der Waals surface area contributed by atoms with Gasteiger partial charge in [-0.3, -0.25) is 19.4 Å².